The molecule has 0 aliphatic rings. The molecule has 5 nitrogen and oxygen atoms in total. The minimum absolute atomic E-state index is 0.0173. The summed E-state index contributed by atoms with van der Waals surface area (Å²) in [4.78, 5) is 23.6. The van der Waals surface area contributed by atoms with E-state index in [1.165, 1.54) is 11.1 Å². The minimum atomic E-state index is -0.216. The van der Waals surface area contributed by atoms with Crippen LogP contribution in [0.2, 0.25) is 0 Å². The van der Waals surface area contributed by atoms with Gasteiger partial charge in [-0.05, 0) is 13.3 Å². The molecule has 0 aliphatic carbocycles. The lowest BCUT2D eigenvalue weighted by molar-refractivity contribution is 0.853. The highest BCUT2D eigenvalue weighted by atomic mass is 32.1. The average Bonchev–Trinajstić information content (AvgIpc) is 2.81. The van der Waals surface area contributed by atoms with E-state index < -0.39 is 0 Å². The fourth-order valence-electron chi connectivity index (χ4n) is 1.41. The molecule has 0 amide bonds. The third-order valence-electron chi connectivity index (χ3n) is 2.35. The van der Waals surface area contributed by atoms with Crippen LogP contribution in [0.1, 0.15) is 29.8 Å². The van der Waals surface area contributed by atoms with Crippen molar-refractivity contribution in [2.45, 2.75) is 26.3 Å². The number of anilines is 1. The molecule has 1 atom stereocenters. The molecule has 2 aromatic heterocycles. The fraction of sp³-hybridized carbons (Fsp3) is 0.364. The van der Waals surface area contributed by atoms with Gasteiger partial charge in [0.05, 0.1) is 6.04 Å². The predicted molar refractivity (Wildman–Crippen MR) is 68.4 cm³/mol. The summed E-state index contributed by atoms with van der Waals surface area (Å²) in [5, 5.41) is 4.02. The first-order valence-corrected chi connectivity index (χ1v) is 6.27. The number of hydrogen-bond donors (Lipinski definition) is 2. The molecular weight excluding hydrogens is 236 g/mol. The number of rotatable bonds is 4. The second kappa shape index (κ2) is 5.09. The van der Waals surface area contributed by atoms with Gasteiger partial charge in [0.25, 0.3) is 5.56 Å². The Morgan fingerprint density at radius 1 is 1.53 bits per heavy atom. The van der Waals surface area contributed by atoms with Crippen molar-refractivity contribution in [3.8, 4) is 0 Å². The van der Waals surface area contributed by atoms with Crippen LogP contribution in [0.25, 0.3) is 0 Å². The molecule has 6 heteroatoms. The summed E-state index contributed by atoms with van der Waals surface area (Å²) in [6, 6.07) is -0.0173. The van der Waals surface area contributed by atoms with Gasteiger partial charge < -0.3 is 10.3 Å². The molecule has 0 aromatic carbocycles. The molecule has 2 heterocycles. The quantitative estimate of drug-likeness (QED) is 0.870. The summed E-state index contributed by atoms with van der Waals surface area (Å²) < 4.78 is 0. The van der Waals surface area contributed by atoms with Gasteiger partial charge in [0, 0.05) is 23.5 Å². The van der Waals surface area contributed by atoms with Gasteiger partial charge in [0.1, 0.15) is 5.01 Å². The Kier molecular flexibility index (Phi) is 3.53. The Morgan fingerprint density at radius 3 is 3.00 bits per heavy atom. The first-order chi connectivity index (χ1) is 8.20. The maximum atomic E-state index is 11.4. The van der Waals surface area contributed by atoms with Crippen molar-refractivity contribution in [2.24, 2.45) is 0 Å². The van der Waals surface area contributed by atoms with E-state index in [0.29, 0.717) is 5.82 Å². The molecule has 17 heavy (non-hydrogen) atoms. The van der Waals surface area contributed by atoms with Gasteiger partial charge in [-0.2, -0.15) is 0 Å². The Bertz CT molecular complexity index is 548. The number of nitrogens with zero attached hydrogens (tertiary/aromatic N) is 2. The van der Waals surface area contributed by atoms with E-state index in [9.17, 15) is 4.79 Å². The minimum Gasteiger partial charge on any atom is -0.357 e. The number of hydrogen-bond acceptors (Lipinski definition) is 5. The molecule has 0 fully saturated rings. The largest absolute Gasteiger partial charge is 0.357 e. The third kappa shape index (κ3) is 2.71. The highest BCUT2D eigenvalue weighted by Crippen LogP contribution is 2.22. The molecule has 2 rings (SSSR count). The number of aromatic nitrogens is 3. The maximum absolute atomic E-state index is 11.4. The number of H-pyrrole nitrogens is 1. The van der Waals surface area contributed by atoms with Crippen LogP contribution in [0, 0.1) is 0 Å². The molecule has 90 valence electrons. The van der Waals surface area contributed by atoms with Gasteiger partial charge in [0.15, 0.2) is 5.82 Å². The first-order valence-electron chi connectivity index (χ1n) is 5.45. The van der Waals surface area contributed by atoms with Crippen LogP contribution in [0.4, 0.5) is 5.82 Å². The number of thiazole rings is 1. The van der Waals surface area contributed by atoms with E-state index >= 15 is 0 Å². The van der Waals surface area contributed by atoms with Crippen molar-refractivity contribution in [2.75, 3.05) is 5.32 Å². The van der Waals surface area contributed by atoms with Gasteiger partial charge in [0.2, 0.25) is 0 Å². The Labute approximate surface area is 103 Å². The van der Waals surface area contributed by atoms with Crippen LogP contribution in [-0.4, -0.2) is 15.0 Å². The molecule has 2 N–H and O–H groups in total. The zero-order valence-electron chi connectivity index (χ0n) is 9.73. The number of nitrogens with one attached hydrogen (secondary N) is 2. The topological polar surface area (TPSA) is 70.7 Å². The lowest BCUT2D eigenvalue weighted by atomic mass is 10.3. The first kappa shape index (κ1) is 11.8. The van der Waals surface area contributed by atoms with Gasteiger partial charge >= 0.3 is 0 Å². The summed E-state index contributed by atoms with van der Waals surface area (Å²) in [6.07, 6.45) is 5.92. The molecule has 0 saturated heterocycles. The molecular formula is C11H14N4OS. The van der Waals surface area contributed by atoms with Crippen LogP contribution >= 0.6 is 11.3 Å². The fourth-order valence-corrected chi connectivity index (χ4v) is 2.27. The van der Waals surface area contributed by atoms with Crippen molar-refractivity contribution in [1.82, 2.24) is 15.0 Å². The normalized spacial score (nSPS) is 12.4. The van der Waals surface area contributed by atoms with Crippen molar-refractivity contribution in [1.29, 1.82) is 0 Å². The number of aromatic amines is 1. The summed E-state index contributed by atoms with van der Waals surface area (Å²) in [7, 11) is 0. The molecule has 0 aliphatic heterocycles. The van der Waals surface area contributed by atoms with Gasteiger partial charge in [-0.3, -0.25) is 4.79 Å². The molecule has 0 spiro atoms. The SMILES string of the molecule is CCc1cnc(C(C)Nc2ncc[nH]c2=O)s1. The highest BCUT2D eigenvalue weighted by Gasteiger charge is 2.11. The summed E-state index contributed by atoms with van der Waals surface area (Å²) in [5.41, 5.74) is -0.216. The van der Waals surface area contributed by atoms with Crippen LogP contribution < -0.4 is 10.9 Å². The standard InChI is InChI=1S/C11H14N4OS/c1-3-8-6-14-11(17-8)7(2)15-9-10(16)13-5-4-12-9/h4-7H,3H2,1-2H3,(H,12,15)(H,13,16). The summed E-state index contributed by atoms with van der Waals surface area (Å²) in [6.45, 7) is 4.06. The smallest absolute Gasteiger partial charge is 0.290 e. The number of aryl methyl sites for hydroxylation is 1. The lowest BCUT2D eigenvalue weighted by Gasteiger charge is -2.10. The van der Waals surface area contributed by atoms with Gasteiger partial charge in [-0.1, -0.05) is 6.92 Å². The second-order valence-electron chi connectivity index (χ2n) is 3.65. The Hall–Kier alpha value is -1.69. The molecule has 0 saturated carbocycles. The zero-order valence-corrected chi connectivity index (χ0v) is 10.5. The van der Waals surface area contributed by atoms with Crippen molar-refractivity contribution in [3.63, 3.8) is 0 Å². The molecule has 0 bridgehead atoms. The maximum Gasteiger partial charge on any atom is 0.290 e. The van der Waals surface area contributed by atoms with E-state index in [-0.39, 0.29) is 11.6 Å². The van der Waals surface area contributed by atoms with Crippen LogP contribution in [0.15, 0.2) is 23.4 Å². The van der Waals surface area contributed by atoms with Crippen molar-refractivity contribution < 1.29 is 0 Å². The van der Waals surface area contributed by atoms with Crippen molar-refractivity contribution >= 4 is 17.2 Å². The predicted octanol–water partition coefficient (Wildman–Crippen LogP) is 1.96. The van der Waals surface area contributed by atoms with Crippen LogP contribution in [0.3, 0.4) is 0 Å². The average molecular weight is 250 g/mol. The van der Waals surface area contributed by atoms with Crippen molar-refractivity contribution in [3.05, 3.63) is 38.8 Å². The van der Waals surface area contributed by atoms with E-state index in [4.69, 9.17) is 0 Å². The van der Waals surface area contributed by atoms with Gasteiger partial charge in [-0.15, -0.1) is 11.3 Å². The Morgan fingerprint density at radius 2 is 2.35 bits per heavy atom. The zero-order chi connectivity index (χ0) is 12.3. The van der Waals surface area contributed by atoms with E-state index in [1.807, 2.05) is 13.1 Å². The summed E-state index contributed by atoms with van der Waals surface area (Å²) in [5.74, 6) is 0.327. The second-order valence-corrected chi connectivity index (χ2v) is 4.80. The monoisotopic (exact) mass is 250 g/mol. The third-order valence-corrected chi connectivity index (χ3v) is 3.68. The van der Waals surface area contributed by atoms with Crippen LogP contribution in [0.5, 0.6) is 0 Å². The van der Waals surface area contributed by atoms with E-state index in [0.717, 1.165) is 11.4 Å². The lowest BCUT2D eigenvalue weighted by Crippen LogP contribution is -2.17. The van der Waals surface area contributed by atoms with Gasteiger partial charge in [-0.25, -0.2) is 9.97 Å². The Balaban J connectivity index is 2.14. The van der Waals surface area contributed by atoms with E-state index in [1.54, 1.807) is 17.5 Å². The molecule has 1 unspecified atom stereocenters. The molecule has 2 aromatic rings. The summed E-state index contributed by atoms with van der Waals surface area (Å²) >= 11 is 1.65. The van der Waals surface area contributed by atoms with E-state index in [2.05, 4.69) is 27.2 Å². The van der Waals surface area contributed by atoms with Crippen LogP contribution in [-0.2, 0) is 6.42 Å². The highest BCUT2D eigenvalue weighted by molar-refractivity contribution is 7.11. The molecule has 0 radical (unpaired) electrons.